The van der Waals surface area contributed by atoms with E-state index in [0.29, 0.717) is 31.5 Å². The Morgan fingerprint density at radius 2 is 2.00 bits per heavy atom. The van der Waals surface area contributed by atoms with E-state index in [4.69, 9.17) is 0 Å². The number of nitrogens with zero attached hydrogens (tertiary/aromatic N) is 2. The van der Waals surface area contributed by atoms with Gasteiger partial charge in [0.1, 0.15) is 4.90 Å². The van der Waals surface area contributed by atoms with E-state index in [-0.39, 0.29) is 22.4 Å². The molecule has 1 aromatic heterocycles. The van der Waals surface area contributed by atoms with Gasteiger partial charge in [-0.15, -0.1) is 11.3 Å². The Labute approximate surface area is 155 Å². The van der Waals surface area contributed by atoms with Crippen molar-refractivity contribution in [2.75, 3.05) is 6.54 Å². The van der Waals surface area contributed by atoms with Crippen molar-refractivity contribution < 1.29 is 18.0 Å². The first-order chi connectivity index (χ1) is 12.5. The molecule has 0 saturated heterocycles. The van der Waals surface area contributed by atoms with Crippen LogP contribution in [0.25, 0.3) is 0 Å². The molecule has 2 aromatic rings. The molecule has 0 N–H and O–H groups in total. The lowest BCUT2D eigenvalue weighted by Crippen LogP contribution is -2.35. The number of amides is 2. The van der Waals surface area contributed by atoms with Gasteiger partial charge in [-0.2, -0.15) is 0 Å². The first-order valence-electron chi connectivity index (χ1n) is 8.54. The third-order valence-corrected chi connectivity index (χ3v) is 8.07. The molecular formula is C18H16N2O4S2. The monoisotopic (exact) mass is 388 g/mol. The zero-order valence-corrected chi connectivity index (χ0v) is 15.5. The normalized spacial score (nSPS) is 20.8. The first-order valence-corrected chi connectivity index (χ1v) is 10.9. The lowest BCUT2D eigenvalue weighted by Gasteiger charge is -2.27. The fraction of sp³-hybridized carbons (Fsp3) is 0.333. The lowest BCUT2D eigenvalue weighted by atomic mass is 10.1. The summed E-state index contributed by atoms with van der Waals surface area (Å²) in [4.78, 5) is 28.3. The minimum atomic E-state index is -3.84. The van der Waals surface area contributed by atoms with Gasteiger partial charge in [0, 0.05) is 29.6 Å². The van der Waals surface area contributed by atoms with Crippen LogP contribution >= 0.6 is 11.3 Å². The summed E-state index contributed by atoms with van der Waals surface area (Å²) in [5, 5.41) is 2.03. The molecule has 1 saturated carbocycles. The molecule has 5 rings (SSSR count). The average molecular weight is 388 g/mol. The number of sulfonamides is 1. The van der Waals surface area contributed by atoms with E-state index in [1.807, 2.05) is 11.4 Å². The van der Waals surface area contributed by atoms with Gasteiger partial charge >= 0.3 is 0 Å². The van der Waals surface area contributed by atoms with Gasteiger partial charge in [-0.25, -0.2) is 12.7 Å². The van der Waals surface area contributed by atoms with Crippen LogP contribution in [0.3, 0.4) is 0 Å². The second-order valence-electron chi connectivity index (χ2n) is 6.89. The number of carbonyl (C=O) groups excluding carboxylic acids is 2. The number of thiophene rings is 1. The van der Waals surface area contributed by atoms with E-state index in [2.05, 4.69) is 0 Å². The molecule has 6 nitrogen and oxygen atoms in total. The van der Waals surface area contributed by atoms with E-state index in [0.717, 1.165) is 16.3 Å². The summed E-state index contributed by atoms with van der Waals surface area (Å²) in [6.07, 6.45) is 2.24. The predicted molar refractivity (Wildman–Crippen MR) is 95.6 cm³/mol. The first kappa shape index (κ1) is 16.0. The quantitative estimate of drug-likeness (QED) is 0.791. The Morgan fingerprint density at radius 3 is 2.77 bits per heavy atom. The number of fused-ring (bicyclic) bond motifs is 2. The number of benzene rings is 1. The maximum Gasteiger partial charge on any atom is 0.269 e. The average Bonchev–Trinajstić information content (AvgIpc) is 3.30. The third-order valence-electron chi connectivity index (χ3n) is 5.17. The van der Waals surface area contributed by atoms with Gasteiger partial charge in [-0.05, 0) is 54.5 Å². The van der Waals surface area contributed by atoms with Gasteiger partial charge in [-0.1, -0.05) is 0 Å². The van der Waals surface area contributed by atoms with Gasteiger partial charge in [0.05, 0.1) is 5.56 Å². The van der Waals surface area contributed by atoms with Crippen molar-refractivity contribution in [2.24, 2.45) is 0 Å². The Balaban J connectivity index is 1.48. The topological polar surface area (TPSA) is 74.8 Å². The smallest absolute Gasteiger partial charge is 0.269 e. The van der Waals surface area contributed by atoms with E-state index < -0.39 is 15.9 Å². The second kappa shape index (κ2) is 5.40. The minimum absolute atomic E-state index is 0.0338. The lowest BCUT2D eigenvalue weighted by molar-refractivity contribution is 0.0734. The Bertz CT molecular complexity index is 1050. The molecule has 0 radical (unpaired) electrons. The predicted octanol–water partition coefficient (Wildman–Crippen LogP) is 2.25. The summed E-state index contributed by atoms with van der Waals surface area (Å²) < 4.78 is 26.5. The van der Waals surface area contributed by atoms with Crippen molar-refractivity contribution in [3.63, 3.8) is 0 Å². The third kappa shape index (κ3) is 2.25. The standard InChI is InChI=1S/C18H16N2O4S2/c21-17(19-7-5-15-12(10-19)6-8-25-15)11-1-4-14-16(9-11)26(23,24)20(18(14)22)13-2-3-13/h1,4,6,8-9,13H,2-3,5,7,10H2. The zero-order chi connectivity index (χ0) is 18.1. The molecule has 1 aliphatic carbocycles. The number of carbonyl (C=O) groups is 2. The summed E-state index contributed by atoms with van der Waals surface area (Å²) in [6.45, 7) is 1.15. The second-order valence-corrected chi connectivity index (χ2v) is 9.68. The van der Waals surface area contributed by atoms with E-state index in [9.17, 15) is 18.0 Å². The van der Waals surface area contributed by atoms with E-state index in [1.165, 1.54) is 17.0 Å². The molecule has 0 spiro atoms. The van der Waals surface area contributed by atoms with Crippen LogP contribution in [0.2, 0.25) is 0 Å². The van der Waals surface area contributed by atoms with Crippen molar-refractivity contribution in [3.05, 3.63) is 51.2 Å². The molecule has 1 fully saturated rings. The van der Waals surface area contributed by atoms with Crippen LogP contribution < -0.4 is 0 Å². The van der Waals surface area contributed by atoms with Crippen molar-refractivity contribution >= 4 is 33.2 Å². The SMILES string of the molecule is O=C(c1ccc2c(c1)S(=O)(=O)N(C1CC1)C2=O)N1CCc2sccc2C1. The minimum Gasteiger partial charge on any atom is -0.334 e. The molecule has 1 aromatic carbocycles. The maximum absolute atomic E-state index is 12.9. The Hall–Kier alpha value is -2.19. The molecule has 26 heavy (non-hydrogen) atoms. The summed E-state index contributed by atoms with van der Waals surface area (Å²) in [6, 6.07) is 6.21. The summed E-state index contributed by atoms with van der Waals surface area (Å²) >= 11 is 1.70. The van der Waals surface area contributed by atoms with E-state index >= 15 is 0 Å². The summed E-state index contributed by atoms with van der Waals surface area (Å²) in [7, 11) is -3.84. The van der Waals surface area contributed by atoms with Crippen molar-refractivity contribution in [1.82, 2.24) is 9.21 Å². The van der Waals surface area contributed by atoms with Crippen molar-refractivity contribution in [2.45, 2.75) is 36.7 Å². The fourth-order valence-corrected chi connectivity index (χ4v) is 6.39. The summed E-state index contributed by atoms with van der Waals surface area (Å²) in [5.41, 5.74) is 1.64. The molecule has 0 bridgehead atoms. The number of hydrogen-bond donors (Lipinski definition) is 0. The molecular weight excluding hydrogens is 372 g/mol. The van der Waals surface area contributed by atoms with Gasteiger partial charge in [0.25, 0.3) is 21.8 Å². The highest BCUT2D eigenvalue weighted by Crippen LogP contribution is 2.39. The van der Waals surface area contributed by atoms with Crippen LogP contribution in [0, 0.1) is 0 Å². The van der Waals surface area contributed by atoms with E-state index in [1.54, 1.807) is 22.3 Å². The van der Waals surface area contributed by atoms with Crippen molar-refractivity contribution in [1.29, 1.82) is 0 Å². The molecule has 3 heterocycles. The number of rotatable bonds is 2. The highest BCUT2D eigenvalue weighted by molar-refractivity contribution is 7.90. The molecule has 3 aliphatic rings. The largest absolute Gasteiger partial charge is 0.334 e. The van der Waals surface area contributed by atoms with Crippen molar-refractivity contribution in [3.8, 4) is 0 Å². The fourth-order valence-electron chi connectivity index (χ4n) is 3.65. The number of hydrogen-bond acceptors (Lipinski definition) is 5. The van der Waals surface area contributed by atoms with Gasteiger partial charge in [0.15, 0.2) is 0 Å². The van der Waals surface area contributed by atoms with Gasteiger partial charge < -0.3 is 4.90 Å². The molecule has 0 atom stereocenters. The molecule has 2 amide bonds. The van der Waals surface area contributed by atoms with Crippen LogP contribution in [0.5, 0.6) is 0 Å². The van der Waals surface area contributed by atoms with Crippen LogP contribution in [-0.2, 0) is 23.0 Å². The molecule has 2 aliphatic heterocycles. The Kier molecular flexibility index (Phi) is 3.33. The highest BCUT2D eigenvalue weighted by Gasteiger charge is 2.48. The molecule has 134 valence electrons. The van der Waals surface area contributed by atoms with Crippen LogP contribution in [0.4, 0.5) is 0 Å². The molecule has 8 heteroatoms. The van der Waals surface area contributed by atoms with Gasteiger partial charge in [-0.3, -0.25) is 9.59 Å². The van der Waals surface area contributed by atoms with Crippen LogP contribution in [0.1, 0.15) is 44.0 Å². The van der Waals surface area contributed by atoms with Gasteiger partial charge in [0.2, 0.25) is 0 Å². The Morgan fingerprint density at radius 1 is 1.19 bits per heavy atom. The summed E-state index contributed by atoms with van der Waals surface area (Å²) in [5.74, 6) is -0.667. The van der Waals surface area contributed by atoms with Crippen LogP contribution in [0.15, 0.2) is 34.5 Å². The van der Waals surface area contributed by atoms with Crippen LogP contribution in [-0.4, -0.2) is 42.0 Å². The zero-order valence-electron chi connectivity index (χ0n) is 13.8. The maximum atomic E-state index is 12.9. The molecule has 0 unspecified atom stereocenters. The highest BCUT2D eigenvalue weighted by atomic mass is 32.2.